The summed E-state index contributed by atoms with van der Waals surface area (Å²) in [5.41, 5.74) is 3.10. The maximum atomic E-state index is 12.9. The first-order valence-electron chi connectivity index (χ1n) is 12.9. The molecule has 35 heavy (non-hydrogen) atoms. The fraction of sp³-hybridized carbons (Fsp3) is 0.692. The van der Waals surface area contributed by atoms with Crippen molar-refractivity contribution in [3.63, 3.8) is 0 Å². The standard InChI is InChI=1S/C26H34F3N3O3/c27-26(28,29)20-4-1-16(2-5-20)14-31-11-9-17(10-12-31)18-3-6-21-19(13-18)15-32(25(21)35)22-7-8-23(33)30-24(22)34/h3,6,13,16-17,20,22,25,35H,1-2,4-5,7-12,14-15H2,(H,30,33,34). The van der Waals surface area contributed by atoms with Gasteiger partial charge >= 0.3 is 6.18 Å². The third-order valence-electron chi connectivity index (χ3n) is 8.61. The molecule has 2 unspecified atom stereocenters. The van der Waals surface area contributed by atoms with Crippen molar-refractivity contribution in [3.05, 3.63) is 34.9 Å². The molecule has 2 amide bonds. The lowest BCUT2D eigenvalue weighted by atomic mass is 9.81. The van der Waals surface area contributed by atoms with Crippen LogP contribution in [0.4, 0.5) is 13.2 Å². The van der Waals surface area contributed by atoms with Gasteiger partial charge in [-0.1, -0.05) is 18.2 Å². The zero-order chi connectivity index (χ0) is 24.7. The number of hydrogen-bond acceptors (Lipinski definition) is 5. The summed E-state index contributed by atoms with van der Waals surface area (Å²) in [4.78, 5) is 28.0. The minimum absolute atomic E-state index is 0.264. The first-order chi connectivity index (χ1) is 16.7. The van der Waals surface area contributed by atoms with Crippen LogP contribution >= 0.6 is 0 Å². The van der Waals surface area contributed by atoms with E-state index in [1.54, 1.807) is 4.90 Å². The number of nitrogens with zero attached hydrogens (tertiary/aromatic N) is 2. The van der Waals surface area contributed by atoms with Crippen molar-refractivity contribution < 1.29 is 27.9 Å². The van der Waals surface area contributed by atoms with E-state index in [0.29, 0.717) is 37.6 Å². The molecule has 4 aliphatic rings. The summed E-state index contributed by atoms with van der Waals surface area (Å²) in [7, 11) is 0. The molecule has 0 radical (unpaired) electrons. The Morgan fingerprint density at radius 2 is 1.71 bits per heavy atom. The summed E-state index contributed by atoms with van der Waals surface area (Å²) in [6, 6.07) is 5.69. The number of hydrogen-bond donors (Lipinski definition) is 2. The molecular weight excluding hydrogens is 459 g/mol. The number of imide groups is 1. The van der Waals surface area contributed by atoms with Gasteiger partial charge < -0.3 is 10.0 Å². The Balaban J connectivity index is 1.14. The summed E-state index contributed by atoms with van der Waals surface area (Å²) < 4.78 is 38.8. The summed E-state index contributed by atoms with van der Waals surface area (Å²) in [5.74, 6) is -0.939. The summed E-state index contributed by atoms with van der Waals surface area (Å²) >= 11 is 0. The number of likely N-dealkylation sites (tertiary alicyclic amines) is 1. The van der Waals surface area contributed by atoms with Gasteiger partial charge in [-0.15, -0.1) is 0 Å². The number of carbonyl (C=O) groups excluding carboxylic acids is 2. The van der Waals surface area contributed by atoms with E-state index in [1.807, 2.05) is 6.07 Å². The molecule has 1 aromatic rings. The lowest BCUT2D eigenvalue weighted by Gasteiger charge is -2.37. The van der Waals surface area contributed by atoms with Crippen LogP contribution < -0.4 is 5.32 Å². The van der Waals surface area contributed by atoms with Gasteiger partial charge in [-0.2, -0.15) is 13.2 Å². The monoisotopic (exact) mass is 493 g/mol. The first-order valence-corrected chi connectivity index (χ1v) is 12.9. The van der Waals surface area contributed by atoms with E-state index in [4.69, 9.17) is 0 Å². The van der Waals surface area contributed by atoms with Gasteiger partial charge in [0.1, 0.15) is 6.23 Å². The van der Waals surface area contributed by atoms with Crippen LogP contribution in [0.15, 0.2) is 18.2 Å². The maximum absolute atomic E-state index is 12.9. The van der Waals surface area contributed by atoms with Crippen LogP contribution in [0.3, 0.4) is 0 Å². The van der Waals surface area contributed by atoms with E-state index in [1.165, 1.54) is 5.56 Å². The second-order valence-corrected chi connectivity index (χ2v) is 10.8. The van der Waals surface area contributed by atoms with E-state index in [-0.39, 0.29) is 31.1 Å². The number of nitrogens with one attached hydrogen (secondary N) is 1. The zero-order valence-corrected chi connectivity index (χ0v) is 19.9. The molecule has 192 valence electrons. The molecule has 3 aliphatic heterocycles. The Bertz CT molecular complexity index is 953. The largest absolute Gasteiger partial charge is 0.391 e. The molecule has 9 heteroatoms. The zero-order valence-electron chi connectivity index (χ0n) is 19.9. The van der Waals surface area contributed by atoms with Crippen molar-refractivity contribution in [2.75, 3.05) is 19.6 Å². The van der Waals surface area contributed by atoms with Gasteiger partial charge in [0.25, 0.3) is 0 Å². The molecule has 1 aromatic carbocycles. The molecule has 0 aromatic heterocycles. The van der Waals surface area contributed by atoms with Crippen molar-refractivity contribution in [1.82, 2.24) is 15.1 Å². The van der Waals surface area contributed by atoms with Crippen molar-refractivity contribution in [2.45, 2.75) is 82.3 Å². The van der Waals surface area contributed by atoms with Gasteiger partial charge in [-0.05, 0) is 86.6 Å². The number of aliphatic hydroxyl groups is 1. The van der Waals surface area contributed by atoms with E-state index >= 15 is 0 Å². The molecule has 3 heterocycles. The Morgan fingerprint density at radius 3 is 2.37 bits per heavy atom. The first kappa shape index (κ1) is 24.7. The fourth-order valence-electron chi connectivity index (χ4n) is 6.50. The number of fused-ring (bicyclic) bond motifs is 1. The summed E-state index contributed by atoms with van der Waals surface area (Å²) in [5, 5.41) is 13.2. The number of halogens is 3. The lowest BCUT2D eigenvalue weighted by molar-refractivity contribution is -0.184. The van der Waals surface area contributed by atoms with E-state index < -0.39 is 24.4 Å². The number of benzene rings is 1. The molecule has 2 N–H and O–H groups in total. The highest BCUT2D eigenvalue weighted by Crippen LogP contribution is 2.41. The molecule has 0 bridgehead atoms. The number of carbonyl (C=O) groups is 2. The predicted molar refractivity (Wildman–Crippen MR) is 123 cm³/mol. The molecule has 5 rings (SSSR count). The van der Waals surface area contributed by atoms with Crippen LogP contribution in [0.1, 0.15) is 80.2 Å². The van der Waals surface area contributed by atoms with E-state index in [9.17, 15) is 27.9 Å². The molecule has 2 atom stereocenters. The topological polar surface area (TPSA) is 72.9 Å². The SMILES string of the molecule is O=C1CCC(N2Cc3cc(C4CCN(CC5CCC(C(F)(F)F)CC5)CC4)ccc3C2O)C(=O)N1. The second-order valence-electron chi connectivity index (χ2n) is 10.8. The van der Waals surface area contributed by atoms with Crippen LogP contribution in [0.25, 0.3) is 0 Å². The van der Waals surface area contributed by atoms with Crippen molar-refractivity contribution in [1.29, 1.82) is 0 Å². The molecule has 3 fully saturated rings. The Kier molecular flexibility index (Phi) is 6.94. The molecule has 1 aliphatic carbocycles. The van der Waals surface area contributed by atoms with E-state index in [2.05, 4.69) is 22.3 Å². The molecule has 1 saturated carbocycles. The lowest BCUT2D eigenvalue weighted by Crippen LogP contribution is -2.51. The van der Waals surface area contributed by atoms with Crippen molar-refractivity contribution in [3.8, 4) is 0 Å². The van der Waals surface area contributed by atoms with Crippen molar-refractivity contribution >= 4 is 11.8 Å². The van der Waals surface area contributed by atoms with Gasteiger partial charge in [0.05, 0.1) is 12.0 Å². The van der Waals surface area contributed by atoms with Crippen molar-refractivity contribution in [2.24, 2.45) is 11.8 Å². The van der Waals surface area contributed by atoms with Gasteiger partial charge in [0, 0.05) is 19.5 Å². The number of alkyl halides is 3. The van der Waals surface area contributed by atoms with Gasteiger partial charge in [0.15, 0.2) is 0 Å². The third-order valence-corrected chi connectivity index (χ3v) is 8.61. The summed E-state index contributed by atoms with van der Waals surface area (Å²) in [6.45, 7) is 3.28. The maximum Gasteiger partial charge on any atom is 0.391 e. The van der Waals surface area contributed by atoms with Crippen LogP contribution in [0.2, 0.25) is 0 Å². The molecule has 0 spiro atoms. The number of rotatable bonds is 4. The Hall–Kier alpha value is -1.97. The van der Waals surface area contributed by atoms with Crippen LogP contribution in [-0.4, -0.2) is 58.6 Å². The Morgan fingerprint density at radius 1 is 1.00 bits per heavy atom. The minimum atomic E-state index is -4.05. The van der Waals surface area contributed by atoms with Crippen LogP contribution in [-0.2, 0) is 16.1 Å². The fourth-order valence-corrected chi connectivity index (χ4v) is 6.50. The van der Waals surface area contributed by atoms with Crippen LogP contribution in [0, 0.1) is 11.8 Å². The molecular formula is C26H34F3N3O3. The van der Waals surface area contributed by atoms with Gasteiger partial charge in [-0.3, -0.25) is 19.8 Å². The predicted octanol–water partition coefficient (Wildman–Crippen LogP) is 3.85. The average Bonchev–Trinajstić information content (AvgIpc) is 3.15. The highest BCUT2D eigenvalue weighted by atomic mass is 19.4. The van der Waals surface area contributed by atoms with Gasteiger partial charge in [-0.25, -0.2) is 0 Å². The minimum Gasteiger partial charge on any atom is -0.374 e. The number of amides is 2. The number of aliphatic hydroxyl groups excluding tert-OH is 1. The van der Waals surface area contributed by atoms with E-state index in [0.717, 1.165) is 43.6 Å². The number of piperidine rings is 2. The normalized spacial score (nSPS) is 31.4. The smallest absolute Gasteiger partial charge is 0.374 e. The third kappa shape index (κ3) is 5.27. The van der Waals surface area contributed by atoms with Crippen LogP contribution in [0.5, 0.6) is 0 Å². The van der Waals surface area contributed by atoms with Gasteiger partial charge in [0.2, 0.25) is 11.8 Å². The average molecular weight is 494 g/mol. The molecule has 6 nitrogen and oxygen atoms in total. The highest BCUT2D eigenvalue weighted by molar-refractivity contribution is 6.00. The quantitative estimate of drug-likeness (QED) is 0.624. The summed E-state index contributed by atoms with van der Waals surface area (Å²) in [6.07, 6.45) is -0.314. The molecule has 2 saturated heterocycles. The highest BCUT2D eigenvalue weighted by Gasteiger charge is 2.42. The second kappa shape index (κ2) is 9.82. The Labute approximate surface area is 203 Å².